The summed E-state index contributed by atoms with van der Waals surface area (Å²) in [6, 6.07) is -0.0328. The lowest BCUT2D eigenvalue weighted by molar-refractivity contribution is -0.131. The molecule has 0 bridgehead atoms. The highest BCUT2D eigenvalue weighted by molar-refractivity contribution is 7.91. The normalized spacial score (nSPS) is 21.1. The molecule has 1 N–H and O–H groups in total. The van der Waals surface area contributed by atoms with E-state index in [2.05, 4.69) is 5.32 Å². The molecule has 0 aromatic rings. The van der Waals surface area contributed by atoms with Crippen LogP contribution in [0.25, 0.3) is 0 Å². The number of rotatable bonds is 3. The van der Waals surface area contributed by atoms with Crippen molar-refractivity contribution >= 4 is 15.7 Å². The Morgan fingerprint density at radius 2 is 1.82 bits per heavy atom. The number of carbonyl (C=O) groups excluding carboxylic acids is 1. The lowest BCUT2D eigenvalue weighted by atomic mass is 10.1. The molecule has 1 rings (SSSR count). The number of hydrogen-bond donors (Lipinski definition) is 1. The monoisotopic (exact) mass is 263 g/mol. The Balaban J connectivity index is 2.29. The second kappa shape index (κ2) is 5.35. The Morgan fingerprint density at radius 3 is 2.29 bits per heavy atom. The summed E-state index contributed by atoms with van der Waals surface area (Å²) >= 11 is 0. The Morgan fingerprint density at radius 1 is 1.29 bits per heavy atom. The number of amides is 1. The summed E-state index contributed by atoms with van der Waals surface area (Å²) in [6.07, 6.45) is 1.01. The first-order valence-electron chi connectivity index (χ1n) is 5.82. The van der Waals surface area contributed by atoms with Gasteiger partial charge in [0, 0.05) is 6.04 Å². The van der Waals surface area contributed by atoms with Gasteiger partial charge >= 0.3 is 0 Å². The predicted octanol–water partition coefficient (Wildman–Crippen LogP) is 0.495. The highest BCUT2D eigenvalue weighted by atomic mass is 32.2. The quantitative estimate of drug-likeness (QED) is 0.804. The van der Waals surface area contributed by atoms with Crippen LogP contribution in [-0.4, -0.2) is 44.1 Å². The SMILES string of the molecule is CC(C)(C)OCC(=O)NC1CCS(=O)(=O)CC1. The smallest absolute Gasteiger partial charge is 0.246 e. The summed E-state index contributed by atoms with van der Waals surface area (Å²) in [5, 5.41) is 2.80. The average molecular weight is 263 g/mol. The van der Waals surface area contributed by atoms with E-state index in [0.717, 1.165) is 0 Å². The van der Waals surface area contributed by atoms with Gasteiger partial charge in [0.1, 0.15) is 16.4 Å². The molecule has 1 heterocycles. The summed E-state index contributed by atoms with van der Waals surface area (Å²) in [7, 11) is -2.87. The topological polar surface area (TPSA) is 72.5 Å². The minimum Gasteiger partial charge on any atom is -0.366 e. The lowest BCUT2D eigenvalue weighted by Crippen LogP contribution is -2.43. The first kappa shape index (κ1) is 14.4. The largest absolute Gasteiger partial charge is 0.366 e. The van der Waals surface area contributed by atoms with Crippen molar-refractivity contribution < 1.29 is 17.9 Å². The highest BCUT2D eigenvalue weighted by Crippen LogP contribution is 2.12. The molecule has 0 spiro atoms. The van der Waals surface area contributed by atoms with Crippen LogP contribution in [0.2, 0.25) is 0 Å². The zero-order chi connectivity index (χ0) is 13.1. The first-order chi connectivity index (χ1) is 7.68. The van der Waals surface area contributed by atoms with Gasteiger partial charge in [-0.15, -0.1) is 0 Å². The molecule has 6 heteroatoms. The van der Waals surface area contributed by atoms with Crippen LogP contribution in [0.4, 0.5) is 0 Å². The van der Waals surface area contributed by atoms with Crippen LogP contribution >= 0.6 is 0 Å². The predicted molar refractivity (Wildman–Crippen MR) is 65.5 cm³/mol. The second-order valence-electron chi connectivity index (χ2n) is 5.39. The Kier molecular flexibility index (Phi) is 4.55. The van der Waals surface area contributed by atoms with Gasteiger partial charge in [-0.1, -0.05) is 0 Å². The van der Waals surface area contributed by atoms with E-state index in [0.29, 0.717) is 12.8 Å². The van der Waals surface area contributed by atoms with E-state index in [1.54, 1.807) is 0 Å². The van der Waals surface area contributed by atoms with Crippen LogP contribution in [0.3, 0.4) is 0 Å². The summed E-state index contributed by atoms with van der Waals surface area (Å²) in [4.78, 5) is 11.5. The Hall–Kier alpha value is -0.620. The summed E-state index contributed by atoms with van der Waals surface area (Å²) in [5.41, 5.74) is -0.340. The van der Waals surface area contributed by atoms with Crippen LogP contribution in [0.15, 0.2) is 0 Å². The molecular formula is C11H21NO4S. The van der Waals surface area contributed by atoms with E-state index in [9.17, 15) is 13.2 Å². The molecular weight excluding hydrogens is 242 g/mol. The zero-order valence-electron chi connectivity index (χ0n) is 10.7. The van der Waals surface area contributed by atoms with Gasteiger partial charge in [0.15, 0.2) is 0 Å². The Labute approximate surface area is 103 Å². The van der Waals surface area contributed by atoms with Crippen molar-refractivity contribution in [2.24, 2.45) is 0 Å². The van der Waals surface area contributed by atoms with Crippen molar-refractivity contribution in [3.8, 4) is 0 Å². The molecule has 0 radical (unpaired) electrons. The number of carbonyl (C=O) groups is 1. The van der Waals surface area contributed by atoms with E-state index < -0.39 is 9.84 Å². The number of sulfone groups is 1. The van der Waals surface area contributed by atoms with Crippen molar-refractivity contribution in [1.82, 2.24) is 5.32 Å². The number of nitrogens with one attached hydrogen (secondary N) is 1. The third-order valence-corrected chi connectivity index (χ3v) is 4.27. The molecule has 17 heavy (non-hydrogen) atoms. The van der Waals surface area contributed by atoms with Gasteiger partial charge in [0.05, 0.1) is 17.1 Å². The van der Waals surface area contributed by atoms with E-state index in [1.807, 2.05) is 20.8 Å². The van der Waals surface area contributed by atoms with E-state index in [-0.39, 0.29) is 35.7 Å². The van der Waals surface area contributed by atoms with Crippen molar-refractivity contribution in [2.75, 3.05) is 18.1 Å². The maximum absolute atomic E-state index is 11.5. The van der Waals surface area contributed by atoms with Crippen molar-refractivity contribution in [3.05, 3.63) is 0 Å². The van der Waals surface area contributed by atoms with E-state index >= 15 is 0 Å². The zero-order valence-corrected chi connectivity index (χ0v) is 11.5. The molecule has 1 fully saturated rings. The second-order valence-corrected chi connectivity index (χ2v) is 7.70. The molecule has 100 valence electrons. The van der Waals surface area contributed by atoms with Crippen molar-refractivity contribution in [3.63, 3.8) is 0 Å². The first-order valence-corrected chi connectivity index (χ1v) is 7.64. The summed E-state index contributed by atoms with van der Waals surface area (Å²) in [5.74, 6) is 0.153. The lowest BCUT2D eigenvalue weighted by Gasteiger charge is -2.24. The fraction of sp³-hybridized carbons (Fsp3) is 0.909. The summed E-state index contributed by atoms with van der Waals surface area (Å²) < 4.78 is 27.7. The van der Waals surface area contributed by atoms with E-state index in [4.69, 9.17) is 4.74 Å². The van der Waals surface area contributed by atoms with Gasteiger partial charge in [0.25, 0.3) is 0 Å². The molecule has 1 amide bonds. The van der Waals surface area contributed by atoms with Gasteiger partial charge in [0.2, 0.25) is 5.91 Å². The molecule has 0 aliphatic carbocycles. The molecule has 1 aliphatic rings. The van der Waals surface area contributed by atoms with Crippen LogP contribution in [0, 0.1) is 0 Å². The van der Waals surface area contributed by atoms with Crippen LogP contribution in [-0.2, 0) is 19.4 Å². The standard InChI is InChI=1S/C11H21NO4S/c1-11(2,3)16-8-10(13)12-9-4-6-17(14,15)7-5-9/h9H,4-8H2,1-3H3,(H,12,13). The molecule has 0 aromatic heterocycles. The van der Waals surface area contributed by atoms with Gasteiger partial charge in [-0.2, -0.15) is 0 Å². The maximum atomic E-state index is 11.5. The highest BCUT2D eigenvalue weighted by Gasteiger charge is 2.25. The fourth-order valence-electron chi connectivity index (χ4n) is 1.59. The van der Waals surface area contributed by atoms with Crippen LogP contribution in [0.5, 0.6) is 0 Å². The third-order valence-electron chi connectivity index (χ3n) is 2.56. The fourth-order valence-corrected chi connectivity index (χ4v) is 3.08. The molecule has 0 atom stereocenters. The van der Waals surface area contributed by atoms with Crippen molar-refractivity contribution in [1.29, 1.82) is 0 Å². The molecule has 0 saturated carbocycles. The minimum atomic E-state index is -2.87. The maximum Gasteiger partial charge on any atom is 0.246 e. The molecule has 1 saturated heterocycles. The molecule has 0 aromatic carbocycles. The van der Waals surface area contributed by atoms with Gasteiger partial charge in [-0.25, -0.2) is 8.42 Å². The van der Waals surface area contributed by atoms with Gasteiger partial charge in [-0.05, 0) is 33.6 Å². The molecule has 1 aliphatic heterocycles. The van der Waals surface area contributed by atoms with E-state index in [1.165, 1.54) is 0 Å². The van der Waals surface area contributed by atoms with Gasteiger partial charge in [-0.3, -0.25) is 4.79 Å². The molecule has 5 nitrogen and oxygen atoms in total. The number of hydrogen-bond acceptors (Lipinski definition) is 4. The average Bonchev–Trinajstić information content (AvgIpc) is 2.17. The van der Waals surface area contributed by atoms with Crippen LogP contribution in [0.1, 0.15) is 33.6 Å². The third kappa shape index (κ3) is 6.02. The number of ether oxygens (including phenoxy) is 1. The van der Waals surface area contributed by atoms with Crippen LogP contribution < -0.4 is 5.32 Å². The Bertz CT molecular complexity index is 355. The summed E-state index contributed by atoms with van der Waals surface area (Å²) in [6.45, 7) is 5.67. The minimum absolute atomic E-state index is 0.0206. The molecule has 0 unspecified atom stereocenters. The van der Waals surface area contributed by atoms with Gasteiger partial charge < -0.3 is 10.1 Å². The van der Waals surface area contributed by atoms with Crippen molar-refractivity contribution in [2.45, 2.75) is 45.3 Å².